The number of halogens is 3. The van der Waals surface area contributed by atoms with Crippen molar-refractivity contribution in [2.24, 2.45) is 0 Å². The Labute approximate surface area is 194 Å². The lowest BCUT2D eigenvalue weighted by Gasteiger charge is -2.24. The van der Waals surface area contributed by atoms with E-state index in [2.05, 4.69) is 5.32 Å². The van der Waals surface area contributed by atoms with Crippen LogP contribution in [0.4, 0.5) is 13.2 Å². The number of hydrogen-bond donors (Lipinski definition) is 2. The second kappa shape index (κ2) is 8.43. The number of nitrogens with zero attached hydrogens (tertiary/aromatic N) is 2. The molecule has 0 radical (unpaired) electrons. The molecule has 2 amide bonds. The summed E-state index contributed by atoms with van der Waals surface area (Å²) < 4.78 is 44.5. The van der Waals surface area contributed by atoms with Crippen LogP contribution < -0.4 is 5.32 Å². The van der Waals surface area contributed by atoms with Crippen LogP contribution in [-0.2, 0) is 15.5 Å². The fourth-order valence-electron chi connectivity index (χ4n) is 4.78. The van der Waals surface area contributed by atoms with Gasteiger partial charge in [-0.1, -0.05) is 30.3 Å². The molecule has 1 aliphatic heterocycles. The molecule has 0 saturated carbocycles. The third-order valence-electron chi connectivity index (χ3n) is 6.17. The van der Waals surface area contributed by atoms with Gasteiger partial charge in [-0.15, -0.1) is 0 Å². The Balaban J connectivity index is 1.48. The minimum absolute atomic E-state index is 0.0475. The molecule has 34 heavy (non-hydrogen) atoms. The van der Waals surface area contributed by atoms with E-state index in [1.54, 1.807) is 31.1 Å². The summed E-state index contributed by atoms with van der Waals surface area (Å²) in [4.78, 5) is 39.4. The van der Waals surface area contributed by atoms with Gasteiger partial charge in [-0.2, -0.15) is 8.78 Å². The third kappa shape index (κ3) is 4.13. The van der Waals surface area contributed by atoms with Crippen LogP contribution in [0.15, 0.2) is 42.5 Å². The molecule has 0 spiro atoms. The number of alkyl halides is 3. The fraction of sp³-hybridized carbons (Fsp3) is 0.375. The predicted octanol–water partition coefficient (Wildman–Crippen LogP) is 2.49. The number of carboxylic acid groups (broad SMARTS) is 1. The van der Waals surface area contributed by atoms with Crippen LogP contribution in [0.2, 0.25) is 0 Å². The molecule has 2 aliphatic rings. The molecule has 2 atom stereocenters. The smallest absolute Gasteiger partial charge is 0.326 e. The first-order valence-corrected chi connectivity index (χ1v) is 10.7. The SMILES string of the molecule is CN(C)C[C@@]1(F)C[C@@H](C(=O)O)N(C(=O)CNC(=O)c2ccc3c(c2)-c2ccccc2C3(F)F)C1. The molecule has 0 bridgehead atoms. The molecular formula is C24H24F3N3O4. The molecule has 1 heterocycles. The van der Waals surface area contributed by atoms with Crippen molar-refractivity contribution >= 4 is 17.8 Å². The zero-order chi connectivity index (χ0) is 24.8. The molecule has 7 nitrogen and oxygen atoms in total. The number of nitrogens with one attached hydrogen (secondary N) is 1. The number of likely N-dealkylation sites (tertiary alicyclic amines) is 1. The molecular weight excluding hydrogens is 451 g/mol. The second-order valence-electron chi connectivity index (χ2n) is 9.03. The van der Waals surface area contributed by atoms with Gasteiger partial charge < -0.3 is 20.2 Å². The fourth-order valence-corrected chi connectivity index (χ4v) is 4.78. The van der Waals surface area contributed by atoms with E-state index in [0.717, 1.165) is 4.90 Å². The highest BCUT2D eigenvalue weighted by molar-refractivity contribution is 5.99. The number of carbonyl (C=O) groups is 3. The number of carbonyl (C=O) groups excluding carboxylic acids is 2. The van der Waals surface area contributed by atoms with E-state index in [4.69, 9.17) is 0 Å². The lowest BCUT2D eigenvalue weighted by atomic mass is 10.0. The number of benzene rings is 2. The first-order chi connectivity index (χ1) is 15.9. The van der Waals surface area contributed by atoms with E-state index in [-0.39, 0.29) is 35.2 Å². The molecule has 2 N–H and O–H groups in total. The zero-order valence-corrected chi connectivity index (χ0v) is 18.6. The summed E-state index contributed by atoms with van der Waals surface area (Å²) >= 11 is 0. The monoisotopic (exact) mass is 475 g/mol. The standard InChI is InChI=1S/C24H24F3N3O4/c1-29(2)12-23(25)10-19(22(33)34)30(13-23)20(31)11-28-21(32)14-7-8-18-16(9-14)15-5-3-4-6-17(15)24(18,26)27/h3-9,19H,10-13H2,1-2H3,(H,28,32)(H,33,34)/t19-,23-/m0/s1. The van der Waals surface area contributed by atoms with Gasteiger partial charge in [0.05, 0.1) is 13.1 Å². The van der Waals surface area contributed by atoms with E-state index >= 15 is 4.39 Å². The Hall–Kier alpha value is -3.40. The first-order valence-electron chi connectivity index (χ1n) is 10.7. The second-order valence-corrected chi connectivity index (χ2v) is 9.03. The van der Waals surface area contributed by atoms with Crippen LogP contribution in [0, 0.1) is 0 Å². The van der Waals surface area contributed by atoms with Crippen molar-refractivity contribution in [3.63, 3.8) is 0 Å². The van der Waals surface area contributed by atoms with E-state index in [1.165, 1.54) is 30.3 Å². The number of carboxylic acids is 1. The highest BCUT2D eigenvalue weighted by Crippen LogP contribution is 2.50. The van der Waals surface area contributed by atoms with Crippen molar-refractivity contribution in [1.82, 2.24) is 15.1 Å². The lowest BCUT2D eigenvalue weighted by Crippen LogP contribution is -2.46. The summed E-state index contributed by atoms with van der Waals surface area (Å²) in [5, 5.41) is 11.8. The largest absolute Gasteiger partial charge is 0.480 e. The van der Waals surface area contributed by atoms with Gasteiger partial charge in [0.1, 0.15) is 11.7 Å². The van der Waals surface area contributed by atoms with Gasteiger partial charge in [0.25, 0.3) is 11.8 Å². The number of amides is 2. The van der Waals surface area contributed by atoms with E-state index in [9.17, 15) is 28.3 Å². The zero-order valence-electron chi connectivity index (χ0n) is 18.6. The van der Waals surface area contributed by atoms with Gasteiger partial charge in [0, 0.05) is 29.7 Å². The third-order valence-corrected chi connectivity index (χ3v) is 6.17. The topological polar surface area (TPSA) is 90.0 Å². The maximum Gasteiger partial charge on any atom is 0.326 e. The quantitative estimate of drug-likeness (QED) is 0.670. The number of aliphatic carboxylic acids is 1. The summed E-state index contributed by atoms with van der Waals surface area (Å²) in [6, 6.07) is 8.48. The van der Waals surface area contributed by atoms with Crippen LogP contribution in [0.25, 0.3) is 11.1 Å². The van der Waals surface area contributed by atoms with Crippen molar-refractivity contribution in [1.29, 1.82) is 0 Å². The molecule has 1 saturated heterocycles. The van der Waals surface area contributed by atoms with Gasteiger partial charge >= 0.3 is 5.97 Å². The Morgan fingerprint density at radius 3 is 2.44 bits per heavy atom. The van der Waals surface area contributed by atoms with Gasteiger partial charge in [0.15, 0.2) is 0 Å². The normalized spacial score (nSPS) is 22.4. The predicted molar refractivity (Wildman–Crippen MR) is 117 cm³/mol. The first kappa shape index (κ1) is 23.7. The molecule has 1 fully saturated rings. The molecule has 2 aromatic carbocycles. The average Bonchev–Trinajstić information content (AvgIpc) is 3.24. The highest BCUT2D eigenvalue weighted by Gasteiger charge is 2.49. The van der Waals surface area contributed by atoms with Crippen molar-refractivity contribution in [2.75, 3.05) is 33.7 Å². The van der Waals surface area contributed by atoms with E-state index < -0.39 is 48.5 Å². The number of rotatable bonds is 6. The Morgan fingerprint density at radius 2 is 1.76 bits per heavy atom. The molecule has 4 rings (SSSR count). The minimum Gasteiger partial charge on any atom is -0.480 e. The molecule has 1 aliphatic carbocycles. The summed E-state index contributed by atoms with van der Waals surface area (Å²) in [5.41, 5.74) is -1.60. The lowest BCUT2D eigenvalue weighted by molar-refractivity contribution is -0.147. The molecule has 0 aromatic heterocycles. The van der Waals surface area contributed by atoms with Crippen molar-refractivity contribution in [3.8, 4) is 11.1 Å². The summed E-state index contributed by atoms with van der Waals surface area (Å²) in [5.74, 6) is -5.92. The van der Waals surface area contributed by atoms with Crippen LogP contribution in [0.1, 0.15) is 27.9 Å². The Morgan fingerprint density at radius 1 is 1.09 bits per heavy atom. The van der Waals surface area contributed by atoms with Crippen LogP contribution in [0.3, 0.4) is 0 Å². The van der Waals surface area contributed by atoms with E-state index in [1.807, 2.05) is 0 Å². The summed E-state index contributed by atoms with van der Waals surface area (Å²) in [6.07, 6.45) is -0.349. The molecule has 10 heteroatoms. The highest BCUT2D eigenvalue weighted by atomic mass is 19.3. The van der Waals surface area contributed by atoms with Gasteiger partial charge in [-0.25, -0.2) is 9.18 Å². The maximum atomic E-state index is 15.1. The van der Waals surface area contributed by atoms with E-state index in [0.29, 0.717) is 5.56 Å². The minimum atomic E-state index is -3.18. The number of fused-ring (bicyclic) bond motifs is 3. The van der Waals surface area contributed by atoms with Gasteiger partial charge in [-0.3, -0.25) is 9.59 Å². The molecule has 0 unspecified atom stereocenters. The maximum absolute atomic E-state index is 15.1. The van der Waals surface area contributed by atoms with Crippen molar-refractivity contribution in [3.05, 3.63) is 59.2 Å². The van der Waals surface area contributed by atoms with Crippen molar-refractivity contribution in [2.45, 2.75) is 24.1 Å². The summed E-state index contributed by atoms with van der Waals surface area (Å²) in [7, 11) is 3.29. The van der Waals surface area contributed by atoms with Crippen LogP contribution in [0.5, 0.6) is 0 Å². The Kier molecular flexibility index (Phi) is 5.89. The van der Waals surface area contributed by atoms with Gasteiger partial charge in [0.2, 0.25) is 5.91 Å². The average molecular weight is 475 g/mol. The summed E-state index contributed by atoms with van der Waals surface area (Å²) in [6.45, 7) is -1.000. The van der Waals surface area contributed by atoms with Gasteiger partial charge in [-0.05, 0) is 37.4 Å². The van der Waals surface area contributed by atoms with Crippen LogP contribution in [-0.4, -0.2) is 78.1 Å². The Bertz CT molecular complexity index is 1170. The number of hydrogen-bond acceptors (Lipinski definition) is 4. The molecule has 180 valence electrons. The van der Waals surface area contributed by atoms with Crippen molar-refractivity contribution < 1.29 is 32.7 Å². The van der Waals surface area contributed by atoms with Crippen LogP contribution >= 0.6 is 0 Å². The molecule has 2 aromatic rings.